The lowest BCUT2D eigenvalue weighted by atomic mass is 9.95. The summed E-state index contributed by atoms with van der Waals surface area (Å²) in [5.41, 5.74) is 0. The quantitative estimate of drug-likeness (QED) is 0.0880. The summed E-state index contributed by atoms with van der Waals surface area (Å²) in [6.07, 6.45) is -27.3. The van der Waals surface area contributed by atoms with E-state index in [9.17, 15) is 61.0 Å². The van der Waals surface area contributed by atoms with Crippen molar-refractivity contribution >= 4 is 5.91 Å². The van der Waals surface area contributed by atoms with Gasteiger partial charge in [0.1, 0.15) is 85.4 Å². The third kappa shape index (κ3) is 8.36. The van der Waals surface area contributed by atoms with Crippen LogP contribution < -0.4 is 5.32 Å². The normalized spacial score (nSPS) is 44.6. The van der Waals surface area contributed by atoms with E-state index in [-0.39, 0.29) is 0 Å². The molecule has 3 aliphatic heterocycles. The Morgan fingerprint density at radius 2 is 1.11 bits per heavy atom. The van der Waals surface area contributed by atoms with E-state index in [0.717, 1.165) is 6.92 Å². The fourth-order valence-corrected chi connectivity index (χ4v) is 5.00. The van der Waals surface area contributed by atoms with Crippen LogP contribution >= 0.6 is 0 Å². The van der Waals surface area contributed by atoms with Crippen LogP contribution in [0.4, 0.5) is 0 Å². The molecule has 1 amide bonds. The van der Waals surface area contributed by atoms with Crippen molar-refractivity contribution in [1.82, 2.24) is 5.32 Å². The third-order valence-corrected chi connectivity index (χ3v) is 7.54. The highest BCUT2D eigenvalue weighted by atomic mass is 16.8. The summed E-state index contributed by atoms with van der Waals surface area (Å²) in [5.74, 6) is -0.681. The highest BCUT2D eigenvalue weighted by Gasteiger charge is 2.54. The average Bonchev–Trinajstić information content (AvgIpc) is 3.00. The van der Waals surface area contributed by atoms with Gasteiger partial charge >= 0.3 is 0 Å². The molecule has 20 nitrogen and oxygen atoms in total. The molecule has 3 saturated heterocycles. The van der Waals surface area contributed by atoms with Crippen molar-refractivity contribution in [2.45, 2.75) is 111 Å². The first-order chi connectivity index (χ1) is 20.8. The largest absolute Gasteiger partial charge is 0.394 e. The molecular formula is C24H43NO19. The van der Waals surface area contributed by atoms with Gasteiger partial charge in [-0.15, -0.1) is 0 Å². The molecule has 0 aliphatic carbocycles. The van der Waals surface area contributed by atoms with Gasteiger partial charge < -0.3 is 95.0 Å². The smallest absolute Gasteiger partial charge is 0.217 e. The van der Waals surface area contributed by atoms with Crippen molar-refractivity contribution in [3.63, 3.8) is 0 Å². The van der Waals surface area contributed by atoms with E-state index in [1.807, 2.05) is 0 Å². The Morgan fingerprint density at radius 1 is 0.659 bits per heavy atom. The van der Waals surface area contributed by atoms with Crippen LogP contribution in [-0.4, -0.2) is 204 Å². The molecule has 3 rings (SSSR count). The first kappa shape index (κ1) is 37.2. The number of aliphatic hydroxyl groups excluding tert-OH is 12. The van der Waals surface area contributed by atoms with Crippen molar-refractivity contribution < 1.29 is 94.5 Å². The number of carbonyl (C=O) groups excluding carboxylic acids is 1. The van der Waals surface area contributed by atoms with Crippen molar-refractivity contribution in [3.05, 3.63) is 0 Å². The van der Waals surface area contributed by atoms with Gasteiger partial charge in [0.15, 0.2) is 18.9 Å². The van der Waals surface area contributed by atoms with E-state index in [4.69, 9.17) is 33.5 Å². The highest BCUT2D eigenvalue weighted by molar-refractivity contribution is 5.73. The van der Waals surface area contributed by atoms with Crippen LogP contribution in [0.3, 0.4) is 0 Å². The summed E-state index contributed by atoms with van der Waals surface area (Å²) >= 11 is 0. The molecule has 258 valence electrons. The first-order valence-electron chi connectivity index (χ1n) is 13.8. The van der Waals surface area contributed by atoms with E-state index in [1.54, 1.807) is 0 Å². The number of hydrogen-bond acceptors (Lipinski definition) is 19. The molecule has 0 bridgehead atoms. The molecular weight excluding hydrogens is 606 g/mol. The molecule has 0 spiro atoms. The molecule has 0 saturated carbocycles. The van der Waals surface area contributed by atoms with Gasteiger partial charge in [-0.05, 0) is 0 Å². The Bertz CT molecular complexity index is 888. The summed E-state index contributed by atoms with van der Waals surface area (Å²) in [7, 11) is 0. The van der Waals surface area contributed by atoms with Gasteiger partial charge in [0.2, 0.25) is 5.91 Å². The van der Waals surface area contributed by atoms with Crippen LogP contribution in [0.2, 0.25) is 0 Å². The topological polar surface area (TPSA) is 327 Å². The van der Waals surface area contributed by atoms with Crippen LogP contribution in [0.5, 0.6) is 0 Å². The fraction of sp³-hybridized carbons (Fsp3) is 0.958. The van der Waals surface area contributed by atoms with Crippen LogP contribution in [-0.2, 0) is 33.2 Å². The number of ether oxygens (including phenoxy) is 6. The van der Waals surface area contributed by atoms with Gasteiger partial charge in [-0.25, -0.2) is 0 Å². The fourth-order valence-electron chi connectivity index (χ4n) is 5.00. The second-order valence-corrected chi connectivity index (χ2v) is 10.7. The molecule has 20 heteroatoms. The van der Waals surface area contributed by atoms with Gasteiger partial charge in [0, 0.05) is 6.92 Å². The lowest BCUT2D eigenvalue weighted by molar-refractivity contribution is -0.376. The van der Waals surface area contributed by atoms with Crippen molar-refractivity contribution in [3.8, 4) is 0 Å². The molecule has 0 unspecified atom stereocenters. The minimum atomic E-state index is -2.00. The Morgan fingerprint density at radius 3 is 1.61 bits per heavy atom. The summed E-state index contributed by atoms with van der Waals surface area (Å²) in [6, 6.07) is -1.47. The Labute approximate surface area is 250 Å². The van der Waals surface area contributed by atoms with Gasteiger partial charge in [0.25, 0.3) is 0 Å². The highest BCUT2D eigenvalue weighted by Crippen LogP contribution is 2.33. The zero-order valence-electron chi connectivity index (χ0n) is 23.6. The molecule has 13 N–H and O–H groups in total. The monoisotopic (exact) mass is 649 g/mol. The number of aliphatic hydroxyl groups is 12. The SMILES string of the molecule is CC(=O)N[C@H]1[C@H](O[C@H]2[C@@H](O)[C@@H](CO)O[C@@H](O[C@H]3[C@@H](O)[C@@H](CO)O[C@@H](OC[C@@H](O)[C@@H](O)CO)[C@@H]3O)[C@@H]2O)O[C@H](CO)[C@@H](O)[C@@H]1O. The predicted octanol–water partition coefficient (Wildman–Crippen LogP) is -8.69. The molecule has 0 radical (unpaired) electrons. The van der Waals surface area contributed by atoms with Crippen molar-refractivity contribution in [1.29, 1.82) is 0 Å². The summed E-state index contributed by atoms with van der Waals surface area (Å²) in [6.45, 7) is -2.87. The van der Waals surface area contributed by atoms with E-state index in [0.29, 0.717) is 0 Å². The Kier molecular flexibility index (Phi) is 14.0. The predicted molar refractivity (Wildman–Crippen MR) is 136 cm³/mol. The summed E-state index contributed by atoms with van der Waals surface area (Å²) in [5, 5.41) is 124. The number of rotatable bonds is 13. The van der Waals surface area contributed by atoms with Gasteiger partial charge in [-0.1, -0.05) is 0 Å². The molecule has 3 fully saturated rings. The maximum absolute atomic E-state index is 11.8. The molecule has 17 atom stereocenters. The average molecular weight is 650 g/mol. The van der Waals surface area contributed by atoms with Crippen LogP contribution in [0, 0.1) is 0 Å². The van der Waals surface area contributed by atoms with Gasteiger partial charge in [0.05, 0.1) is 33.0 Å². The van der Waals surface area contributed by atoms with Gasteiger partial charge in [-0.3, -0.25) is 4.79 Å². The second kappa shape index (κ2) is 16.5. The van der Waals surface area contributed by atoms with E-state index < -0.39 is 143 Å². The van der Waals surface area contributed by atoms with Crippen molar-refractivity contribution in [2.75, 3.05) is 33.0 Å². The van der Waals surface area contributed by atoms with Gasteiger partial charge in [-0.2, -0.15) is 0 Å². The number of nitrogens with one attached hydrogen (secondary N) is 1. The second-order valence-electron chi connectivity index (χ2n) is 10.7. The van der Waals surface area contributed by atoms with Crippen LogP contribution in [0.1, 0.15) is 6.92 Å². The maximum Gasteiger partial charge on any atom is 0.217 e. The molecule has 3 heterocycles. The minimum absolute atomic E-state index is 0.673. The van der Waals surface area contributed by atoms with E-state index >= 15 is 0 Å². The third-order valence-electron chi connectivity index (χ3n) is 7.54. The molecule has 0 aromatic heterocycles. The number of amides is 1. The standard InChI is InChI=1S/C24H43NO19/c1-7(30)25-13-17(36)14(33)10(3-27)40-22(13)43-21-16(35)12(5-29)42-24(19(21)38)44-20-15(34)11(4-28)41-23(18(20)37)39-6-9(32)8(31)2-26/h8-24,26-29,31-38H,2-6H2,1H3,(H,25,30)/t8-,9+,10+,11+,12+,13+,14+,15-,16-,17+,18+,19+,20-,21-,22-,23+,24-/m0/s1. The zero-order valence-corrected chi connectivity index (χ0v) is 23.6. The maximum atomic E-state index is 11.8. The molecule has 3 aliphatic rings. The van der Waals surface area contributed by atoms with E-state index in [2.05, 4.69) is 5.32 Å². The van der Waals surface area contributed by atoms with Crippen molar-refractivity contribution in [2.24, 2.45) is 0 Å². The Hall–Kier alpha value is -1.25. The molecule has 0 aromatic carbocycles. The Balaban J connectivity index is 1.82. The lowest BCUT2D eigenvalue weighted by Crippen LogP contribution is -2.68. The lowest BCUT2D eigenvalue weighted by Gasteiger charge is -2.48. The first-order valence-corrected chi connectivity index (χ1v) is 13.8. The van der Waals surface area contributed by atoms with E-state index in [1.165, 1.54) is 0 Å². The number of carbonyl (C=O) groups is 1. The molecule has 0 aromatic rings. The summed E-state index contributed by atoms with van der Waals surface area (Å²) in [4.78, 5) is 11.8. The van der Waals surface area contributed by atoms with Crippen LogP contribution in [0.25, 0.3) is 0 Å². The molecule has 44 heavy (non-hydrogen) atoms. The summed E-state index contributed by atoms with van der Waals surface area (Å²) < 4.78 is 32.8. The zero-order chi connectivity index (χ0) is 32.9. The number of hydrogen-bond donors (Lipinski definition) is 13. The minimum Gasteiger partial charge on any atom is -0.394 e. The van der Waals surface area contributed by atoms with Crippen LogP contribution in [0.15, 0.2) is 0 Å².